The topological polar surface area (TPSA) is 58.1 Å². The number of ether oxygens (including phenoxy) is 1. The molecule has 106 valence electrons. The number of hydrogen-bond acceptors (Lipinski definition) is 3. The molecule has 0 saturated heterocycles. The van der Waals surface area contributed by atoms with Crippen LogP contribution >= 0.6 is 0 Å². The quantitative estimate of drug-likeness (QED) is 0.755. The molecule has 0 amide bonds. The number of rotatable bonds is 5. The fourth-order valence-electron chi connectivity index (χ4n) is 2.13. The van der Waals surface area contributed by atoms with E-state index in [1.807, 2.05) is 60.7 Å². The summed E-state index contributed by atoms with van der Waals surface area (Å²) in [5, 5.41) is 17.1. The third-order valence-corrected chi connectivity index (χ3v) is 3.17. The van der Waals surface area contributed by atoms with Crippen LogP contribution in [0.4, 0.5) is 0 Å². The summed E-state index contributed by atoms with van der Waals surface area (Å²) >= 11 is 0. The first-order chi connectivity index (χ1) is 10.4. The van der Waals surface area contributed by atoms with Crippen LogP contribution in [0.2, 0.25) is 0 Å². The van der Waals surface area contributed by atoms with Crippen molar-refractivity contribution in [2.24, 2.45) is 0 Å². The van der Waals surface area contributed by atoms with E-state index in [4.69, 9.17) is 9.84 Å². The lowest BCUT2D eigenvalue weighted by Gasteiger charge is -2.03. The van der Waals surface area contributed by atoms with E-state index in [9.17, 15) is 0 Å². The zero-order valence-corrected chi connectivity index (χ0v) is 11.5. The Morgan fingerprint density at radius 1 is 1.05 bits per heavy atom. The number of hydrogen-bond donors (Lipinski definition) is 2. The van der Waals surface area contributed by atoms with Gasteiger partial charge in [0.2, 0.25) is 0 Å². The van der Waals surface area contributed by atoms with Crippen LogP contribution in [0.5, 0.6) is 5.75 Å². The average molecular weight is 280 g/mol. The van der Waals surface area contributed by atoms with Crippen molar-refractivity contribution in [3.63, 3.8) is 0 Å². The Balaban J connectivity index is 1.76. The first kappa shape index (κ1) is 13.4. The summed E-state index contributed by atoms with van der Waals surface area (Å²) in [6, 6.07) is 15.8. The number of aliphatic hydroxyl groups is 1. The maximum Gasteiger partial charge on any atom is 0.119 e. The largest absolute Gasteiger partial charge is 0.491 e. The fourth-order valence-corrected chi connectivity index (χ4v) is 2.13. The second kappa shape index (κ2) is 6.24. The van der Waals surface area contributed by atoms with Crippen molar-refractivity contribution in [2.45, 2.75) is 0 Å². The zero-order valence-electron chi connectivity index (χ0n) is 11.5. The van der Waals surface area contributed by atoms with Gasteiger partial charge in [-0.05, 0) is 29.8 Å². The molecule has 0 fully saturated rings. The lowest BCUT2D eigenvalue weighted by atomic mass is 10.1. The molecule has 0 unspecified atom stereocenters. The molecule has 1 heterocycles. The number of nitrogens with zero attached hydrogens (tertiary/aromatic N) is 1. The number of aromatic amines is 1. The minimum atomic E-state index is 0.0217. The van der Waals surface area contributed by atoms with Crippen LogP contribution in [0.15, 0.2) is 48.5 Å². The first-order valence-corrected chi connectivity index (χ1v) is 6.82. The SMILES string of the molecule is OCCOc1ccc(/C=C/c2n[nH]c3ccccc23)cc1. The standard InChI is InChI=1S/C17H16N2O2/c20-11-12-21-14-8-5-13(6-9-14)7-10-17-15-3-1-2-4-16(15)18-19-17/h1-10,20H,11-12H2,(H,18,19)/b10-7+. The molecule has 2 N–H and O–H groups in total. The molecule has 4 nitrogen and oxygen atoms in total. The van der Waals surface area contributed by atoms with Gasteiger partial charge in [-0.3, -0.25) is 5.10 Å². The van der Waals surface area contributed by atoms with E-state index in [2.05, 4.69) is 10.2 Å². The Kier molecular flexibility index (Phi) is 3.98. The maximum absolute atomic E-state index is 8.71. The molecule has 2 aromatic carbocycles. The monoisotopic (exact) mass is 280 g/mol. The molecule has 0 bridgehead atoms. The number of aromatic nitrogens is 2. The molecule has 0 aliphatic carbocycles. The Bertz CT molecular complexity index is 745. The normalized spacial score (nSPS) is 11.3. The lowest BCUT2D eigenvalue weighted by molar-refractivity contribution is 0.201. The Labute approximate surface area is 122 Å². The summed E-state index contributed by atoms with van der Waals surface area (Å²) in [7, 11) is 0. The van der Waals surface area contributed by atoms with Gasteiger partial charge < -0.3 is 9.84 Å². The van der Waals surface area contributed by atoms with Crippen molar-refractivity contribution in [1.29, 1.82) is 0 Å². The summed E-state index contributed by atoms with van der Waals surface area (Å²) in [4.78, 5) is 0. The molecular weight excluding hydrogens is 264 g/mol. The van der Waals surface area contributed by atoms with Crippen LogP contribution in [0.1, 0.15) is 11.3 Å². The summed E-state index contributed by atoms with van der Waals surface area (Å²) in [5.74, 6) is 0.756. The van der Waals surface area contributed by atoms with E-state index in [0.29, 0.717) is 6.61 Å². The van der Waals surface area contributed by atoms with Crippen LogP contribution in [0.25, 0.3) is 23.1 Å². The van der Waals surface area contributed by atoms with Crippen molar-refractivity contribution in [3.05, 3.63) is 59.8 Å². The third-order valence-electron chi connectivity index (χ3n) is 3.17. The fraction of sp³-hybridized carbons (Fsp3) is 0.118. The summed E-state index contributed by atoms with van der Waals surface area (Å²) in [5.41, 5.74) is 3.02. The van der Waals surface area contributed by atoms with Crippen LogP contribution in [0, 0.1) is 0 Å². The van der Waals surface area contributed by atoms with E-state index in [1.54, 1.807) is 0 Å². The van der Waals surface area contributed by atoms with Gasteiger partial charge in [0.15, 0.2) is 0 Å². The van der Waals surface area contributed by atoms with Gasteiger partial charge in [-0.1, -0.05) is 36.4 Å². The molecule has 0 atom stereocenters. The number of benzene rings is 2. The number of para-hydroxylation sites is 1. The molecular formula is C17H16N2O2. The van der Waals surface area contributed by atoms with E-state index in [-0.39, 0.29) is 6.61 Å². The van der Waals surface area contributed by atoms with E-state index >= 15 is 0 Å². The molecule has 4 heteroatoms. The van der Waals surface area contributed by atoms with Gasteiger partial charge in [-0.15, -0.1) is 0 Å². The summed E-state index contributed by atoms with van der Waals surface area (Å²) in [6.07, 6.45) is 4.00. The van der Waals surface area contributed by atoms with Crippen LogP contribution in [-0.4, -0.2) is 28.5 Å². The first-order valence-electron chi connectivity index (χ1n) is 6.82. The molecule has 21 heavy (non-hydrogen) atoms. The Morgan fingerprint density at radius 2 is 1.86 bits per heavy atom. The van der Waals surface area contributed by atoms with Crippen LogP contribution < -0.4 is 4.74 Å². The van der Waals surface area contributed by atoms with Crippen LogP contribution in [0.3, 0.4) is 0 Å². The van der Waals surface area contributed by atoms with Gasteiger partial charge in [0, 0.05) is 5.39 Å². The van der Waals surface area contributed by atoms with Gasteiger partial charge in [0.1, 0.15) is 12.4 Å². The van der Waals surface area contributed by atoms with Gasteiger partial charge in [-0.25, -0.2) is 0 Å². The van der Waals surface area contributed by atoms with Crippen molar-refractivity contribution in [2.75, 3.05) is 13.2 Å². The van der Waals surface area contributed by atoms with Crippen molar-refractivity contribution < 1.29 is 9.84 Å². The molecule has 0 saturated carbocycles. The number of fused-ring (bicyclic) bond motifs is 1. The predicted molar refractivity (Wildman–Crippen MR) is 84.0 cm³/mol. The maximum atomic E-state index is 8.71. The minimum absolute atomic E-state index is 0.0217. The molecule has 1 aromatic heterocycles. The predicted octanol–water partition coefficient (Wildman–Crippen LogP) is 3.10. The van der Waals surface area contributed by atoms with E-state index < -0.39 is 0 Å². The lowest BCUT2D eigenvalue weighted by Crippen LogP contribution is -2.01. The second-order valence-corrected chi connectivity index (χ2v) is 4.63. The number of nitrogens with one attached hydrogen (secondary N) is 1. The highest BCUT2D eigenvalue weighted by Crippen LogP contribution is 2.18. The Morgan fingerprint density at radius 3 is 2.67 bits per heavy atom. The molecule has 3 aromatic rings. The molecule has 0 aliphatic rings. The van der Waals surface area contributed by atoms with E-state index in [0.717, 1.165) is 27.9 Å². The highest BCUT2D eigenvalue weighted by atomic mass is 16.5. The smallest absolute Gasteiger partial charge is 0.119 e. The van der Waals surface area contributed by atoms with Crippen LogP contribution in [-0.2, 0) is 0 Å². The summed E-state index contributed by atoms with van der Waals surface area (Å²) < 4.78 is 5.33. The van der Waals surface area contributed by atoms with Crippen molar-refractivity contribution in [1.82, 2.24) is 10.2 Å². The molecule has 3 rings (SSSR count). The van der Waals surface area contributed by atoms with E-state index in [1.165, 1.54) is 0 Å². The van der Waals surface area contributed by atoms with Crippen molar-refractivity contribution in [3.8, 4) is 5.75 Å². The Hall–Kier alpha value is -2.59. The highest BCUT2D eigenvalue weighted by molar-refractivity contribution is 5.89. The molecule has 0 aliphatic heterocycles. The third kappa shape index (κ3) is 3.12. The summed E-state index contributed by atoms with van der Waals surface area (Å²) in [6.45, 7) is 0.336. The molecule has 0 spiro atoms. The number of H-pyrrole nitrogens is 1. The number of aliphatic hydroxyl groups excluding tert-OH is 1. The van der Waals surface area contributed by atoms with Gasteiger partial charge in [-0.2, -0.15) is 5.10 Å². The minimum Gasteiger partial charge on any atom is -0.491 e. The molecule has 0 radical (unpaired) electrons. The average Bonchev–Trinajstić information content (AvgIpc) is 2.95. The highest BCUT2D eigenvalue weighted by Gasteiger charge is 2.00. The van der Waals surface area contributed by atoms with Gasteiger partial charge in [0.05, 0.1) is 17.8 Å². The van der Waals surface area contributed by atoms with Gasteiger partial charge in [0.25, 0.3) is 0 Å². The second-order valence-electron chi connectivity index (χ2n) is 4.63. The zero-order chi connectivity index (χ0) is 14.5. The van der Waals surface area contributed by atoms with Gasteiger partial charge >= 0.3 is 0 Å². The van der Waals surface area contributed by atoms with Crippen molar-refractivity contribution >= 4 is 23.1 Å².